The third-order valence-corrected chi connectivity index (χ3v) is 3.50. The van der Waals surface area contributed by atoms with Crippen LogP contribution in [0.1, 0.15) is 10.4 Å². The lowest BCUT2D eigenvalue weighted by Crippen LogP contribution is -2.09. The Morgan fingerprint density at radius 3 is 2.17 bits per heavy atom. The number of methoxy groups -OCH3 is 3. The zero-order valence-electron chi connectivity index (χ0n) is 9.89. The SMILES string of the molecule is COC(=O)c1cc(OC)cc(OC)c1S(=O)(=O)Cl. The first-order valence-corrected chi connectivity index (χ1v) is 6.95. The molecule has 0 bridgehead atoms. The van der Waals surface area contributed by atoms with E-state index in [9.17, 15) is 13.2 Å². The van der Waals surface area contributed by atoms with E-state index in [4.69, 9.17) is 20.2 Å². The quantitative estimate of drug-likeness (QED) is 0.617. The summed E-state index contributed by atoms with van der Waals surface area (Å²) < 4.78 is 37.3. The van der Waals surface area contributed by atoms with Crippen molar-refractivity contribution in [2.24, 2.45) is 0 Å². The van der Waals surface area contributed by atoms with Gasteiger partial charge in [-0.15, -0.1) is 0 Å². The summed E-state index contributed by atoms with van der Waals surface area (Å²) in [5, 5.41) is 0. The van der Waals surface area contributed by atoms with Crippen molar-refractivity contribution in [3.63, 3.8) is 0 Å². The standard InChI is InChI=1S/C10H11ClO6S/c1-15-6-4-7(10(12)17-3)9(18(11,13)14)8(5-6)16-2/h4-5H,1-3H3. The number of benzene rings is 1. The second-order valence-corrected chi connectivity index (χ2v) is 5.64. The highest BCUT2D eigenvalue weighted by Crippen LogP contribution is 2.34. The molecule has 0 aliphatic heterocycles. The van der Waals surface area contributed by atoms with Crippen molar-refractivity contribution in [2.45, 2.75) is 4.90 Å². The molecule has 0 atom stereocenters. The maximum atomic E-state index is 11.6. The molecule has 0 N–H and O–H groups in total. The van der Waals surface area contributed by atoms with Gasteiger partial charge in [0, 0.05) is 16.7 Å². The van der Waals surface area contributed by atoms with Gasteiger partial charge in [-0.3, -0.25) is 0 Å². The minimum absolute atomic E-state index is 0.0928. The molecule has 0 radical (unpaired) electrons. The highest BCUT2D eigenvalue weighted by molar-refractivity contribution is 8.13. The first-order valence-electron chi connectivity index (χ1n) is 4.64. The molecule has 1 rings (SSSR count). The number of esters is 1. The van der Waals surface area contributed by atoms with E-state index < -0.39 is 19.9 Å². The van der Waals surface area contributed by atoms with Crippen LogP contribution >= 0.6 is 10.7 Å². The number of rotatable bonds is 4. The summed E-state index contributed by atoms with van der Waals surface area (Å²) in [5.41, 5.74) is -0.247. The van der Waals surface area contributed by atoms with E-state index in [-0.39, 0.29) is 17.1 Å². The Labute approximate surface area is 109 Å². The van der Waals surface area contributed by atoms with Crippen molar-refractivity contribution in [1.29, 1.82) is 0 Å². The fraction of sp³-hybridized carbons (Fsp3) is 0.300. The van der Waals surface area contributed by atoms with Gasteiger partial charge >= 0.3 is 5.97 Å². The van der Waals surface area contributed by atoms with Crippen LogP contribution < -0.4 is 9.47 Å². The molecular weight excluding hydrogens is 284 g/mol. The van der Waals surface area contributed by atoms with Gasteiger partial charge in [0.05, 0.1) is 26.9 Å². The maximum Gasteiger partial charge on any atom is 0.339 e. The van der Waals surface area contributed by atoms with Gasteiger partial charge in [0.25, 0.3) is 9.05 Å². The summed E-state index contributed by atoms with van der Waals surface area (Å²) in [6.07, 6.45) is 0. The predicted molar refractivity (Wildman–Crippen MR) is 63.9 cm³/mol. The van der Waals surface area contributed by atoms with Gasteiger partial charge < -0.3 is 14.2 Å². The van der Waals surface area contributed by atoms with Crippen LogP contribution in [-0.2, 0) is 13.8 Å². The molecule has 1 aromatic rings. The van der Waals surface area contributed by atoms with Gasteiger partial charge in [-0.05, 0) is 6.07 Å². The van der Waals surface area contributed by atoms with E-state index in [0.29, 0.717) is 0 Å². The molecule has 0 saturated heterocycles. The van der Waals surface area contributed by atoms with Gasteiger partial charge in [0.15, 0.2) is 0 Å². The lowest BCUT2D eigenvalue weighted by atomic mass is 10.2. The molecule has 0 heterocycles. The van der Waals surface area contributed by atoms with Crippen LogP contribution in [0.2, 0.25) is 0 Å². The summed E-state index contributed by atoms with van der Waals surface area (Å²) in [5.74, 6) is -0.701. The number of carbonyl (C=O) groups is 1. The zero-order chi connectivity index (χ0) is 13.9. The van der Waals surface area contributed by atoms with Crippen LogP contribution in [0.4, 0.5) is 0 Å². The van der Waals surface area contributed by atoms with Crippen molar-refractivity contribution < 1.29 is 27.4 Å². The molecule has 0 unspecified atom stereocenters. The summed E-state index contributed by atoms with van der Waals surface area (Å²) in [7, 11) is 4.86. The van der Waals surface area contributed by atoms with E-state index in [0.717, 1.165) is 7.11 Å². The fourth-order valence-corrected chi connectivity index (χ4v) is 2.62. The molecule has 100 valence electrons. The fourth-order valence-electron chi connectivity index (χ4n) is 1.36. The Hall–Kier alpha value is -1.47. The van der Waals surface area contributed by atoms with E-state index >= 15 is 0 Å². The third-order valence-electron chi connectivity index (χ3n) is 2.13. The first kappa shape index (κ1) is 14.6. The first-order chi connectivity index (χ1) is 8.35. The van der Waals surface area contributed by atoms with Crippen LogP contribution in [0.15, 0.2) is 17.0 Å². The number of ether oxygens (including phenoxy) is 3. The van der Waals surface area contributed by atoms with Crippen molar-refractivity contribution in [3.05, 3.63) is 17.7 Å². The molecule has 18 heavy (non-hydrogen) atoms. The Balaban J connectivity index is 3.69. The summed E-state index contributed by atoms with van der Waals surface area (Å²) in [6, 6.07) is 2.52. The second-order valence-electron chi connectivity index (χ2n) is 3.14. The summed E-state index contributed by atoms with van der Waals surface area (Å²) in [4.78, 5) is 11.1. The Morgan fingerprint density at radius 1 is 1.17 bits per heavy atom. The van der Waals surface area contributed by atoms with Gasteiger partial charge in [0.1, 0.15) is 16.4 Å². The van der Waals surface area contributed by atoms with Crippen LogP contribution in [0.5, 0.6) is 11.5 Å². The van der Waals surface area contributed by atoms with E-state index in [1.807, 2.05) is 0 Å². The zero-order valence-corrected chi connectivity index (χ0v) is 11.5. The minimum atomic E-state index is -4.17. The van der Waals surface area contributed by atoms with Crippen LogP contribution in [0.25, 0.3) is 0 Å². The van der Waals surface area contributed by atoms with E-state index in [1.165, 1.54) is 26.4 Å². The molecule has 0 amide bonds. The maximum absolute atomic E-state index is 11.6. The normalized spacial score (nSPS) is 10.9. The molecule has 0 spiro atoms. The topological polar surface area (TPSA) is 78.9 Å². The molecule has 0 aliphatic carbocycles. The van der Waals surface area contributed by atoms with Gasteiger partial charge in [-0.1, -0.05) is 0 Å². The van der Waals surface area contributed by atoms with Crippen LogP contribution in [-0.4, -0.2) is 35.7 Å². The van der Waals surface area contributed by atoms with Crippen molar-refractivity contribution >= 4 is 25.7 Å². The second kappa shape index (κ2) is 5.45. The largest absolute Gasteiger partial charge is 0.497 e. The van der Waals surface area contributed by atoms with Crippen molar-refractivity contribution in [2.75, 3.05) is 21.3 Å². The number of hydrogen-bond donors (Lipinski definition) is 0. The molecule has 0 aromatic heterocycles. The van der Waals surface area contributed by atoms with Crippen LogP contribution in [0, 0.1) is 0 Å². The number of carbonyl (C=O) groups excluding carboxylic acids is 1. The molecule has 0 saturated carbocycles. The van der Waals surface area contributed by atoms with Gasteiger partial charge in [0.2, 0.25) is 0 Å². The molecule has 0 aliphatic rings. The highest BCUT2D eigenvalue weighted by atomic mass is 35.7. The van der Waals surface area contributed by atoms with Gasteiger partial charge in [-0.2, -0.15) is 0 Å². The molecule has 6 nitrogen and oxygen atoms in total. The summed E-state index contributed by atoms with van der Waals surface area (Å²) >= 11 is 0. The average molecular weight is 295 g/mol. The molecule has 0 fully saturated rings. The van der Waals surface area contributed by atoms with Crippen molar-refractivity contribution in [3.8, 4) is 11.5 Å². The highest BCUT2D eigenvalue weighted by Gasteiger charge is 2.27. The Kier molecular flexibility index (Phi) is 4.42. The number of hydrogen-bond acceptors (Lipinski definition) is 6. The monoisotopic (exact) mass is 294 g/mol. The smallest absolute Gasteiger partial charge is 0.339 e. The van der Waals surface area contributed by atoms with Crippen molar-refractivity contribution in [1.82, 2.24) is 0 Å². The number of halogens is 1. The third kappa shape index (κ3) is 2.85. The molecular formula is C10H11ClO6S. The molecule has 1 aromatic carbocycles. The van der Waals surface area contributed by atoms with E-state index in [2.05, 4.69) is 4.74 Å². The van der Waals surface area contributed by atoms with Gasteiger partial charge in [-0.25, -0.2) is 13.2 Å². The Morgan fingerprint density at radius 2 is 1.78 bits per heavy atom. The van der Waals surface area contributed by atoms with E-state index in [1.54, 1.807) is 0 Å². The lowest BCUT2D eigenvalue weighted by Gasteiger charge is -2.12. The summed E-state index contributed by atoms with van der Waals surface area (Å²) in [6.45, 7) is 0. The minimum Gasteiger partial charge on any atom is -0.497 e. The molecule has 8 heteroatoms. The Bertz CT molecular complexity index is 566. The predicted octanol–water partition coefficient (Wildman–Crippen LogP) is 1.42. The van der Waals surface area contributed by atoms with Crippen LogP contribution in [0.3, 0.4) is 0 Å². The average Bonchev–Trinajstić information content (AvgIpc) is 2.34. The lowest BCUT2D eigenvalue weighted by molar-refractivity contribution is 0.0595.